The van der Waals surface area contributed by atoms with Crippen molar-refractivity contribution in [1.82, 2.24) is 20.4 Å². The van der Waals surface area contributed by atoms with Gasteiger partial charge in [0.25, 0.3) is 0 Å². The van der Waals surface area contributed by atoms with E-state index in [1.807, 2.05) is 37.8 Å². The van der Waals surface area contributed by atoms with E-state index in [1.165, 1.54) is 4.90 Å². The van der Waals surface area contributed by atoms with Crippen molar-refractivity contribution in [2.75, 3.05) is 40.3 Å². The Hall–Kier alpha value is -1.98. The Labute approximate surface area is 195 Å². The summed E-state index contributed by atoms with van der Waals surface area (Å²) in [5.41, 5.74) is -0.533. The number of guanidine groups is 1. The third-order valence-electron chi connectivity index (χ3n) is 4.31. The van der Waals surface area contributed by atoms with Crippen molar-refractivity contribution in [2.24, 2.45) is 4.99 Å². The van der Waals surface area contributed by atoms with Crippen LogP contribution in [0.25, 0.3) is 0 Å². The quantitative estimate of drug-likeness (QED) is 0.329. The molecule has 9 nitrogen and oxygen atoms in total. The standard InChI is InChI=1S/C20H33N5O4.HI/c1-20(2,3)29-19(27)23-15-9-11-25(14-15)18(22-13-17(26)24(4)5)21-10-8-16-7-6-12-28-16;/h6-7,12,15H,8-11,13-14H2,1-5H3,(H,21,22)(H,23,27);1H. The molecule has 170 valence electrons. The van der Waals surface area contributed by atoms with Crippen molar-refractivity contribution in [3.63, 3.8) is 0 Å². The Morgan fingerprint density at radius 2 is 2.10 bits per heavy atom. The normalized spacial score (nSPS) is 16.6. The van der Waals surface area contributed by atoms with Gasteiger partial charge >= 0.3 is 6.09 Å². The van der Waals surface area contributed by atoms with Gasteiger partial charge in [0.2, 0.25) is 5.91 Å². The van der Waals surface area contributed by atoms with E-state index >= 15 is 0 Å². The maximum Gasteiger partial charge on any atom is 0.407 e. The lowest BCUT2D eigenvalue weighted by Gasteiger charge is -2.24. The molecule has 0 aromatic carbocycles. The van der Waals surface area contributed by atoms with Crippen LogP contribution in [0, 0.1) is 0 Å². The second-order valence-corrected chi connectivity index (χ2v) is 8.26. The molecule has 0 aliphatic carbocycles. The lowest BCUT2D eigenvalue weighted by molar-refractivity contribution is -0.127. The van der Waals surface area contributed by atoms with Crippen LogP contribution in [0.4, 0.5) is 4.79 Å². The lowest BCUT2D eigenvalue weighted by Crippen LogP contribution is -2.45. The van der Waals surface area contributed by atoms with E-state index in [1.54, 1.807) is 20.4 Å². The van der Waals surface area contributed by atoms with Crippen molar-refractivity contribution < 1.29 is 18.7 Å². The third kappa shape index (κ3) is 9.23. The highest BCUT2D eigenvalue weighted by Gasteiger charge is 2.28. The first-order valence-corrected chi connectivity index (χ1v) is 9.89. The Balaban J connectivity index is 0.00000450. The van der Waals surface area contributed by atoms with Crippen molar-refractivity contribution in [1.29, 1.82) is 0 Å². The number of ether oxygens (including phenoxy) is 1. The summed E-state index contributed by atoms with van der Waals surface area (Å²) in [6.07, 6.45) is 2.71. The van der Waals surface area contributed by atoms with Crippen molar-refractivity contribution >= 4 is 41.9 Å². The summed E-state index contributed by atoms with van der Waals surface area (Å²) in [4.78, 5) is 32.0. The highest BCUT2D eigenvalue weighted by Crippen LogP contribution is 2.12. The highest BCUT2D eigenvalue weighted by molar-refractivity contribution is 14.0. The molecule has 1 aromatic heterocycles. The van der Waals surface area contributed by atoms with Gasteiger partial charge in [-0.15, -0.1) is 24.0 Å². The largest absolute Gasteiger partial charge is 0.469 e. The second kappa shape index (κ2) is 12.0. The molecule has 2 amide bonds. The first kappa shape index (κ1) is 26.1. The Morgan fingerprint density at radius 1 is 1.37 bits per heavy atom. The number of likely N-dealkylation sites (N-methyl/N-ethyl adjacent to an activating group) is 1. The van der Waals surface area contributed by atoms with E-state index in [2.05, 4.69) is 15.6 Å². The van der Waals surface area contributed by atoms with Gasteiger partial charge in [0.15, 0.2) is 5.96 Å². The SMILES string of the molecule is CN(C)C(=O)CN=C(NCCc1ccco1)N1CCC(NC(=O)OC(C)(C)C)C1.I. The molecule has 0 bridgehead atoms. The van der Waals surface area contributed by atoms with Crippen molar-refractivity contribution in [3.8, 4) is 0 Å². The molecule has 1 unspecified atom stereocenters. The van der Waals surface area contributed by atoms with E-state index in [4.69, 9.17) is 9.15 Å². The van der Waals surface area contributed by atoms with E-state index in [0.29, 0.717) is 25.5 Å². The zero-order chi connectivity index (χ0) is 21.4. The molecule has 0 spiro atoms. The molecule has 2 rings (SSSR count). The molecule has 1 saturated heterocycles. The zero-order valence-electron chi connectivity index (χ0n) is 18.4. The van der Waals surface area contributed by atoms with E-state index < -0.39 is 11.7 Å². The molecule has 1 aliphatic heterocycles. The summed E-state index contributed by atoms with van der Waals surface area (Å²) < 4.78 is 10.7. The smallest absolute Gasteiger partial charge is 0.407 e. The molecule has 30 heavy (non-hydrogen) atoms. The Kier molecular flexibility index (Phi) is 10.4. The molecular formula is C20H34IN5O4. The molecule has 2 heterocycles. The van der Waals surface area contributed by atoms with Gasteiger partial charge in [-0.1, -0.05) is 0 Å². The minimum atomic E-state index is -0.533. The minimum Gasteiger partial charge on any atom is -0.469 e. The number of likely N-dealkylation sites (tertiary alicyclic amines) is 1. The molecule has 1 aliphatic rings. The van der Waals surface area contributed by atoms with E-state index in [9.17, 15) is 9.59 Å². The van der Waals surface area contributed by atoms with Crippen LogP contribution in [0.15, 0.2) is 27.8 Å². The van der Waals surface area contributed by atoms with Crippen LogP contribution in [0.1, 0.15) is 33.0 Å². The first-order valence-electron chi connectivity index (χ1n) is 9.89. The third-order valence-corrected chi connectivity index (χ3v) is 4.31. The van der Waals surface area contributed by atoms with Crippen molar-refractivity contribution in [3.05, 3.63) is 24.2 Å². The Morgan fingerprint density at radius 3 is 2.70 bits per heavy atom. The van der Waals surface area contributed by atoms with Gasteiger partial charge in [-0.25, -0.2) is 9.79 Å². The number of hydrogen-bond acceptors (Lipinski definition) is 5. The second-order valence-electron chi connectivity index (χ2n) is 8.26. The summed E-state index contributed by atoms with van der Waals surface area (Å²) in [5, 5.41) is 6.21. The summed E-state index contributed by atoms with van der Waals surface area (Å²) in [6, 6.07) is 3.74. The average molecular weight is 535 g/mol. The number of nitrogens with zero attached hydrogens (tertiary/aromatic N) is 3. The summed E-state index contributed by atoms with van der Waals surface area (Å²) >= 11 is 0. The van der Waals surface area contributed by atoms with Crippen LogP contribution in [0.2, 0.25) is 0 Å². The maximum atomic E-state index is 12.0. The molecule has 1 aromatic rings. The number of hydrogen-bond donors (Lipinski definition) is 2. The van der Waals surface area contributed by atoms with Crippen LogP contribution >= 0.6 is 24.0 Å². The number of nitrogens with one attached hydrogen (secondary N) is 2. The minimum absolute atomic E-state index is 0. The fourth-order valence-electron chi connectivity index (χ4n) is 2.85. The summed E-state index contributed by atoms with van der Waals surface area (Å²) in [6.45, 7) is 7.53. The average Bonchev–Trinajstić information content (AvgIpc) is 3.27. The van der Waals surface area contributed by atoms with Gasteiger partial charge in [0.05, 0.1) is 12.3 Å². The monoisotopic (exact) mass is 535 g/mol. The molecule has 2 N–H and O–H groups in total. The number of furan rings is 1. The molecule has 1 fully saturated rings. The van der Waals surface area contributed by atoms with Crippen LogP contribution in [0.3, 0.4) is 0 Å². The fraction of sp³-hybridized carbons (Fsp3) is 0.650. The van der Waals surface area contributed by atoms with Crippen LogP contribution < -0.4 is 10.6 Å². The number of carbonyl (C=O) groups is 2. The summed E-state index contributed by atoms with van der Waals surface area (Å²) in [5.74, 6) is 1.46. The van der Waals surface area contributed by atoms with Crippen molar-refractivity contribution in [2.45, 2.75) is 45.3 Å². The topological polar surface area (TPSA) is 99.4 Å². The van der Waals surface area contributed by atoms with Gasteiger partial charge in [0.1, 0.15) is 17.9 Å². The molecule has 10 heteroatoms. The van der Waals surface area contributed by atoms with Gasteiger partial charge in [0, 0.05) is 40.2 Å². The van der Waals surface area contributed by atoms with Gasteiger partial charge < -0.3 is 29.6 Å². The van der Waals surface area contributed by atoms with Gasteiger partial charge in [-0.2, -0.15) is 0 Å². The molecular weight excluding hydrogens is 501 g/mol. The summed E-state index contributed by atoms with van der Waals surface area (Å²) in [7, 11) is 3.41. The highest BCUT2D eigenvalue weighted by atomic mass is 127. The number of alkyl carbamates (subject to hydrolysis) is 1. The van der Waals surface area contributed by atoms with Crippen LogP contribution in [-0.2, 0) is 16.0 Å². The van der Waals surface area contributed by atoms with Crippen LogP contribution in [-0.4, -0.2) is 79.7 Å². The number of rotatable bonds is 6. The number of carbonyl (C=O) groups excluding carboxylic acids is 2. The predicted octanol–water partition coefficient (Wildman–Crippen LogP) is 2.07. The van der Waals surface area contributed by atoms with Gasteiger partial charge in [-0.3, -0.25) is 4.79 Å². The van der Waals surface area contributed by atoms with E-state index in [0.717, 1.165) is 18.7 Å². The maximum absolute atomic E-state index is 12.0. The Bertz CT molecular complexity index is 701. The molecule has 1 atom stereocenters. The number of halogens is 1. The number of amides is 2. The predicted molar refractivity (Wildman–Crippen MR) is 126 cm³/mol. The first-order chi connectivity index (χ1) is 13.6. The number of aliphatic imine (C=N–C) groups is 1. The molecule has 0 radical (unpaired) electrons. The van der Waals surface area contributed by atoms with E-state index in [-0.39, 0.29) is 42.5 Å². The fourth-order valence-corrected chi connectivity index (χ4v) is 2.85. The molecule has 0 saturated carbocycles. The van der Waals surface area contributed by atoms with Crippen LogP contribution in [0.5, 0.6) is 0 Å². The van der Waals surface area contributed by atoms with Gasteiger partial charge in [-0.05, 0) is 39.3 Å². The zero-order valence-corrected chi connectivity index (χ0v) is 20.8. The lowest BCUT2D eigenvalue weighted by atomic mass is 10.2.